The van der Waals surface area contributed by atoms with Gasteiger partial charge in [0.1, 0.15) is 12.1 Å². The Labute approximate surface area is 171 Å². The topological polar surface area (TPSA) is 191 Å². The Morgan fingerprint density at radius 2 is 1.90 bits per heavy atom. The number of nitrogen functional groups attached to an aromatic ring is 1. The fourth-order valence-electron chi connectivity index (χ4n) is 2.48. The van der Waals surface area contributed by atoms with Gasteiger partial charge in [0, 0.05) is 30.6 Å². The predicted molar refractivity (Wildman–Crippen MR) is 106 cm³/mol. The van der Waals surface area contributed by atoms with Crippen molar-refractivity contribution in [3.63, 3.8) is 0 Å². The van der Waals surface area contributed by atoms with Crippen LogP contribution >= 0.6 is 0 Å². The number of amides is 1. The highest BCUT2D eigenvalue weighted by Crippen LogP contribution is 2.11. The molecule has 0 aliphatic rings. The van der Waals surface area contributed by atoms with E-state index in [2.05, 4.69) is 20.6 Å². The highest BCUT2D eigenvalue weighted by Gasteiger charge is 2.21. The highest BCUT2D eigenvalue weighted by atomic mass is 16.4. The van der Waals surface area contributed by atoms with E-state index in [-0.39, 0.29) is 29.9 Å². The summed E-state index contributed by atoms with van der Waals surface area (Å²) in [6.07, 6.45) is 1.41. The molecule has 156 valence electrons. The van der Waals surface area contributed by atoms with Gasteiger partial charge >= 0.3 is 11.9 Å². The molecule has 1 aromatic heterocycles. The number of hydrogen-bond donors (Lipinski definition) is 5. The lowest BCUT2D eigenvalue weighted by Gasteiger charge is -2.14. The molecule has 0 saturated heterocycles. The first-order valence-electron chi connectivity index (χ1n) is 8.91. The van der Waals surface area contributed by atoms with Crippen LogP contribution in [0, 0.1) is 11.3 Å². The predicted octanol–water partition coefficient (Wildman–Crippen LogP) is 0.633. The minimum atomic E-state index is -1.30. The molecular formula is C19H20N6O5. The van der Waals surface area contributed by atoms with Crippen LogP contribution in [0.2, 0.25) is 0 Å². The molecule has 1 atom stereocenters. The number of nitrogens with one attached hydrogen (secondary N) is 2. The Bertz CT molecular complexity index is 970. The molecule has 2 aromatic rings. The lowest BCUT2D eigenvalue weighted by molar-refractivity contribution is -0.140. The highest BCUT2D eigenvalue weighted by molar-refractivity contribution is 5.96. The summed E-state index contributed by atoms with van der Waals surface area (Å²) in [5.74, 6) is -2.97. The summed E-state index contributed by atoms with van der Waals surface area (Å²) in [6.45, 7) is 0.491. The number of carboxylic acid groups (broad SMARTS) is 2. The van der Waals surface area contributed by atoms with Gasteiger partial charge in [-0.05, 0) is 30.7 Å². The van der Waals surface area contributed by atoms with Crippen LogP contribution in [0.1, 0.15) is 34.6 Å². The van der Waals surface area contributed by atoms with Crippen LogP contribution in [-0.4, -0.2) is 50.6 Å². The van der Waals surface area contributed by atoms with Gasteiger partial charge in [-0.15, -0.1) is 0 Å². The van der Waals surface area contributed by atoms with Crippen molar-refractivity contribution in [2.45, 2.75) is 25.3 Å². The molecule has 11 heteroatoms. The summed E-state index contributed by atoms with van der Waals surface area (Å²) < 4.78 is 0. The molecule has 6 N–H and O–H groups in total. The largest absolute Gasteiger partial charge is 0.481 e. The van der Waals surface area contributed by atoms with E-state index in [1.54, 1.807) is 12.1 Å². The van der Waals surface area contributed by atoms with Gasteiger partial charge in [0.05, 0.1) is 11.9 Å². The van der Waals surface area contributed by atoms with E-state index >= 15 is 0 Å². The van der Waals surface area contributed by atoms with Crippen LogP contribution in [0.4, 0.5) is 11.5 Å². The fourth-order valence-corrected chi connectivity index (χ4v) is 2.48. The summed E-state index contributed by atoms with van der Waals surface area (Å²) in [7, 11) is 0. The Balaban J connectivity index is 1.89. The first kappa shape index (κ1) is 22.1. The van der Waals surface area contributed by atoms with Crippen molar-refractivity contribution >= 4 is 29.4 Å². The standard InChI is InChI=1S/C19H20N6O5/c20-9-15-17(21)23-10-13(24-15)7-8-22-12-3-1-11(2-4-12)18(28)25-14(19(29)30)5-6-16(26)27/h1-4,10,14,22H,5-8H2,(H2,21,23)(H,25,28)(H,26,27)(H,29,30). The SMILES string of the molecule is N#Cc1nc(CCNc2ccc(C(=O)NC(CCC(=O)O)C(=O)O)cc2)cnc1N. The molecule has 1 unspecified atom stereocenters. The van der Waals surface area contributed by atoms with E-state index in [1.165, 1.54) is 18.3 Å². The number of carbonyl (C=O) groups excluding carboxylic acids is 1. The maximum atomic E-state index is 12.2. The van der Waals surface area contributed by atoms with Gasteiger partial charge in [-0.25, -0.2) is 14.8 Å². The van der Waals surface area contributed by atoms with Gasteiger partial charge < -0.3 is 26.6 Å². The number of nitriles is 1. The van der Waals surface area contributed by atoms with Crippen molar-refractivity contribution in [1.29, 1.82) is 5.26 Å². The van der Waals surface area contributed by atoms with E-state index in [0.29, 0.717) is 18.7 Å². The zero-order chi connectivity index (χ0) is 22.1. The number of carbonyl (C=O) groups is 3. The lowest BCUT2D eigenvalue weighted by Crippen LogP contribution is -2.41. The van der Waals surface area contributed by atoms with E-state index in [9.17, 15) is 14.4 Å². The maximum Gasteiger partial charge on any atom is 0.326 e. The molecule has 2 rings (SSSR count). The van der Waals surface area contributed by atoms with Crippen molar-refractivity contribution in [3.05, 3.63) is 47.4 Å². The molecule has 0 spiro atoms. The molecule has 0 radical (unpaired) electrons. The van der Waals surface area contributed by atoms with Crippen LogP contribution < -0.4 is 16.4 Å². The zero-order valence-electron chi connectivity index (χ0n) is 15.8. The van der Waals surface area contributed by atoms with Crippen LogP contribution in [-0.2, 0) is 16.0 Å². The molecule has 0 aliphatic carbocycles. The van der Waals surface area contributed by atoms with E-state index in [4.69, 9.17) is 21.2 Å². The molecule has 0 bridgehead atoms. The van der Waals surface area contributed by atoms with Crippen LogP contribution in [0.15, 0.2) is 30.5 Å². The second-order valence-corrected chi connectivity index (χ2v) is 6.26. The normalized spacial score (nSPS) is 11.2. The molecule has 0 fully saturated rings. The number of rotatable bonds is 10. The average Bonchev–Trinajstić information content (AvgIpc) is 2.72. The van der Waals surface area contributed by atoms with Crippen LogP contribution in [0.3, 0.4) is 0 Å². The van der Waals surface area contributed by atoms with Gasteiger partial charge in [0.15, 0.2) is 11.5 Å². The Hall–Kier alpha value is -4.20. The summed E-state index contributed by atoms with van der Waals surface area (Å²) in [5, 5.41) is 32.1. The second-order valence-electron chi connectivity index (χ2n) is 6.26. The fraction of sp³-hybridized carbons (Fsp3) is 0.263. The number of nitrogens with zero attached hydrogens (tertiary/aromatic N) is 3. The smallest absolute Gasteiger partial charge is 0.326 e. The van der Waals surface area contributed by atoms with Crippen molar-refractivity contribution in [3.8, 4) is 6.07 Å². The summed E-state index contributed by atoms with van der Waals surface area (Å²) >= 11 is 0. The zero-order valence-corrected chi connectivity index (χ0v) is 15.8. The third-order valence-corrected chi connectivity index (χ3v) is 4.06. The van der Waals surface area contributed by atoms with Gasteiger partial charge in [-0.3, -0.25) is 9.59 Å². The van der Waals surface area contributed by atoms with Crippen molar-refractivity contribution < 1.29 is 24.6 Å². The van der Waals surface area contributed by atoms with Crippen LogP contribution in [0.5, 0.6) is 0 Å². The molecule has 0 aliphatic heterocycles. The van der Waals surface area contributed by atoms with Gasteiger partial charge in [-0.2, -0.15) is 5.26 Å². The number of aliphatic carboxylic acids is 2. The third-order valence-electron chi connectivity index (χ3n) is 4.06. The number of nitrogens with two attached hydrogens (primary N) is 1. The number of aromatic nitrogens is 2. The molecule has 11 nitrogen and oxygen atoms in total. The van der Waals surface area contributed by atoms with Crippen molar-refractivity contribution in [1.82, 2.24) is 15.3 Å². The molecule has 1 aromatic carbocycles. The van der Waals surface area contributed by atoms with E-state index in [1.807, 2.05) is 6.07 Å². The Kier molecular flexibility index (Phi) is 7.64. The number of anilines is 2. The minimum absolute atomic E-state index is 0.0749. The Morgan fingerprint density at radius 3 is 2.50 bits per heavy atom. The first-order valence-corrected chi connectivity index (χ1v) is 8.91. The maximum absolute atomic E-state index is 12.2. The number of carboxylic acids is 2. The summed E-state index contributed by atoms with van der Waals surface area (Å²) in [4.78, 5) is 42.0. The first-order chi connectivity index (χ1) is 14.3. The average molecular weight is 412 g/mol. The minimum Gasteiger partial charge on any atom is -0.481 e. The van der Waals surface area contributed by atoms with E-state index in [0.717, 1.165) is 5.69 Å². The van der Waals surface area contributed by atoms with Crippen LogP contribution in [0.25, 0.3) is 0 Å². The van der Waals surface area contributed by atoms with E-state index < -0.39 is 23.9 Å². The Morgan fingerprint density at radius 1 is 1.20 bits per heavy atom. The molecule has 1 amide bonds. The molecular weight excluding hydrogens is 392 g/mol. The summed E-state index contributed by atoms with van der Waals surface area (Å²) in [5.41, 5.74) is 7.17. The van der Waals surface area contributed by atoms with Gasteiger partial charge in [0.2, 0.25) is 0 Å². The van der Waals surface area contributed by atoms with Crippen molar-refractivity contribution in [2.75, 3.05) is 17.6 Å². The van der Waals surface area contributed by atoms with Gasteiger partial charge in [-0.1, -0.05) is 0 Å². The molecule has 1 heterocycles. The summed E-state index contributed by atoms with van der Waals surface area (Å²) in [6, 6.07) is 6.92. The molecule has 30 heavy (non-hydrogen) atoms. The monoisotopic (exact) mass is 412 g/mol. The van der Waals surface area contributed by atoms with Gasteiger partial charge in [0.25, 0.3) is 5.91 Å². The number of benzene rings is 1. The molecule has 0 saturated carbocycles. The second kappa shape index (κ2) is 10.4. The lowest BCUT2D eigenvalue weighted by atomic mass is 10.1. The third kappa shape index (κ3) is 6.45. The quantitative estimate of drug-likeness (QED) is 0.370. The van der Waals surface area contributed by atoms with Crippen molar-refractivity contribution in [2.24, 2.45) is 0 Å². The number of hydrogen-bond acceptors (Lipinski definition) is 8.